The molecular weight excluding hydrogens is 240 g/mol. The van der Waals surface area contributed by atoms with Crippen molar-refractivity contribution >= 4 is 22.6 Å². The number of rotatable bonds is 5. The van der Waals surface area contributed by atoms with Gasteiger partial charge in [-0.05, 0) is 31.7 Å². The average Bonchev–Trinajstić information content (AvgIpc) is 2.37. The summed E-state index contributed by atoms with van der Waals surface area (Å²) in [7, 11) is 0. The molecule has 100 valence electrons. The minimum Gasteiger partial charge on any atom is -0.481 e. The number of hydrogen-bond acceptors (Lipinski definition) is 3. The molecule has 0 unspecified atom stereocenters. The molecule has 2 aromatic rings. The summed E-state index contributed by atoms with van der Waals surface area (Å²) < 4.78 is 0. The molecule has 0 spiro atoms. The number of anilines is 1. The summed E-state index contributed by atoms with van der Waals surface area (Å²) >= 11 is 0. The van der Waals surface area contributed by atoms with Gasteiger partial charge in [-0.1, -0.05) is 24.3 Å². The third-order valence-electron chi connectivity index (χ3n) is 3.09. The summed E-state index contributed by atoms with van der Waals surface area (Å²) in [5.41, 5.74) is -0.310. The predicted molar refractivity (Wildman–Crippen MR) is 76.3 cm³/mol. The second kappa shape index (κ2) is 5.26. The number of aliphatic carboxylic acids is 1. The van der Waals surface area contributed by atoms with Crippen LogP contribution in [-0.4, -0.2) is 21.6 Å². The van der Waals surface area contributed by atoms with Gasteiger partial charge in [-0.2, -0.15) is 0 Å². The number of carboxylic acid groups (broad SMARTS) is 1. The van der Waals surface area contributed by atoms with Crippen molar-refractivity contribution in [1.82, 2.24) is 4.98 Å². The summed E-state index contributed by atoms with van der Waals surface area (Å²) in [6, 6.07) is 9.97. The van der Waals surface area contributed by atoms with E-state index in [4.69, 9.17) is 5.11 Å². The number of nitrogens with one attached hydrogen (secondary N) is 1. The Balaban J connectivity index is 2.23. The molecule has 4 nitrogen and oxygen atoms in total. The second-order valence-corrected chi connectivity index (χ2v) is 5.28. The molecule has 0 aliphatic rings. The van der Waals surface area contributed by atoms with E-state index in [-0.39, 0.29) is 12.0 Å². The fraction of sp³-hybridized carbons (Fsp3) is 0.333. The number of carboxylic acids is 1. The van der Waals surface area contributed by atoms with Crippen LogP contribution in [0.2, 0.25) is 0 Å². The van der Waals surface area contributed by atoms with Crippen LogP contribution in [0.4, 0.5) is 5.82 Å². The third kappa shape index (κ3) is 3.44. The molecule has 0 fully saturated rings. The summed E-state index contributed by atoms with van der Waals surface area (Å²) in [6.07, 6.45) is 2.45. The zero-order valence-corrected chi connectivity index (χ0v) is 11.2. The van der Waals surface area contributed by atoms with Crippen LogP contribution in [0, 0.1) is 0 Å². The van der Waals surface area contributed by atoms with Crippen molar-refractivity contribution in [3.63, 3.8) is 0 Å². The maximum Gasteiger partial charge on any atom is 0.303 e. The highest BCUT2D eigenvalue weighted by molar-refractivity contribution is 5.91. The Morgan fingerprint density at radius 3 is 2.79 bits per heavy atom. The van der Waals surface area contributed by atoms with Gasteiger partial charge in [0.2, 0.25) is 0 Å². The van der Waals surface area contributed by atoms with Gasteiger partial charge in [-0.3, -0.25) is 4.79 Å². The van der Waals surface area contributed by atoms with Crippen LogP contribution in [0.3, 0.4) is 0 Å². The minimum absolute atomic E-state index is 0.144. The van der Waals surface area contributed by atoms with E-state index < -0.39 is 5.97 Å². The van der Waals surface area contributed by atoms with Gasteiger partial charge in [-0.15, -0.1) is 0 Å². The van der Waals surface area contributed by atoms with Gasteiger partial charge in [0.25, 0.3) is 0 Å². The first-order valence-corrected chi connectivity index (χ1v) is 6.32. The van der Waals surface area contributed by atoms with Crippen molar-refractivity contribution in [2.45, 2.75) is 32.2 Å². The number of fused-ring (bicyclic) bond motifs is 1. The summed E-state index contributed by atoms with van der Waals surface area (Å²) in [5.74, 6) is 0.0224. The molecule has 0 amide bonds. The fourth-order valence-electron chi connectivity index (χ4n) is 2.02. The number of benzene rings is 1. The van der Waals surface area contributed by atoms with Crippen LogP contribution in [0.5, 0.6) is 0 Å². The first kappa shape index (κ1) is 13.3. The zero-order valence-electron chi connectivity index (χ0n) is 11.2. The molecule has 0 aliphatic carbocycles. The molecule has 4 heteroatoms. The van der Waals surface area contributed by atoms with E-state index in [2.05, 4.69) is 10.3 Å². The van der Waals surface area contributed by atoms with E-state index in [1.807, 2.05) is 44.2 Å². The first-order chi connectivity index (χ1) is 8.98. The Kier molecular flexibility index (Phi) is 3.69. The van der Waals surface area contributed by atoms with Gasteiger partial charge in [0.15, 0.2) is 0 Å². The van der Waals surface area contributed by atoms with Crippen LogP contribution in [0.15, 0.2) is 36.5 Å². The molecule has 1 aromatic heterocycles. The lowest BCUT2D eigenvalue weighted by Crippen LogP contribution is -2.32. The van der Waals surface area contributed by atoms with E-state index in [0.717, 1.165) is 16.6 Å². The van der Waals surface area contributed by atoms with Crippen LogP contribution in [-0.2, 0) is 4.79 Å². The molecule has 0 saturated heterocycles. The van der Waals surface area contributed by atoms with Crippen molar-refractivity contribution in [3.05, 3.63) is 36.5 Å². The molecule has 1 aromatic carbocycles. The quantitative estimate of drug-likeness (QED) is 0.863. The number of hydrogen-bond donors (Lipinski definition) is 2. The second-order valence-electron chi connectivity index (χ2n) is 5.28. The van der Waals surface area contributed by atoms with Crippen molar-refractivity contribution < 1.29 is 9.90 Å². The molecule has 0 bridgehead atoms. The van der Waals surface area contributed by atoms with Gasteiger partial charge in [0.05, 0.1) is 0 Å². The van der Waals surface area contributed by atoms with Crippen LogP contribution in [0.1, 0.15) is 26.7 Å². The van der Waals surface area contributed by atoms with Crippen molar-refractivity contribution in [3.8, 4) is 0 Å². The number of nitrogens with zero attached hydrogens (tertiary/aromatic N) is 1. The zero-order chi connectivity index (χ0) is 13.9. The third-order valence-corrected chi connectivity index (χ3v) is 3.09. The van der Waals surface area contributed by atoms with Crippen molar-refractivity contribution in [2.24, 2.45) is 0 Å². The van der Waals surface area contributed by atoms with Crippen molar-refractivity contribution in [1.29, 1.82) is 0 Å². The van der Waals surface area contributed by atoms with Gasteiger partial charge < -0.3 is 10.4 Å². The highest BCUT2D eigenvalue weighted by Crippen LogP contribution is 2.25. The lowest BCUT2D eigenvalue weighted by molar-refractivity contribution is -0.137. The van der Waals surface area contributed by atoms with Crippen LogP contribution >= 0.6 is 0 Å². The van der Waals surface area contributed by atoms with E-state index in [1.54, 1.807) is 6.20 Å². The van der Waals surface area contributed by atoms with E-state index in [1.165, 1.54) is 0 Å². The number of aromatic nitrogens is 1. The molecule has 0 atom stereocenters. The maximum atomic E-state index is 10.7. The normalized spacial score (nSPS) is 11.5. The standard InChI is InChI=1S/C15H18N2O2/c1-15(2,9-7-13(18)19)17-14-12-6-4-3-5-11(12)8-10-16-14/h3-6,8,10H,7,9H2,1-2H3,(H,16,17)(H,18,19). The Labute approximate surface area is 112 Å². The van der Waals surface area contributed by atoms with E-state index in [0.29, 0.717) is 6.42 Å². The molecule has 19 heavy (non-hydrogen) atoms. The van der Waals surface area contributed by atoms with Gasteiger partial charge >= 0.3 is 5.97 Å². The van der Waals surface area contributed by atoms with Crippen LogP contribution < -0.4 is 5.32 Å². The average molecular weight is 258 g/mol. The topological polar surface area (TPSA) is 62.2 Å². The smallest absolute Gasteiger partial charge is 0.303 e. The van der Waals surface area contributed by atoms with Gasteiger partial charge in [-0.25, -0.2) is 4.98 Å². The molecule has 2 N–H and O–H groups in total. The van der Waals surface area contributed by atoms with E-state index >= 15 is 0 Å². The number of pyridine rings is 1. The molecule has 0 aliphatic heterocycles. The highest BCUT2D eigenvalue weighted by Gasteiger charge is 2.20. The summed E-state index contributed by atoms with van der Waals surface area (Å²) in [4.78, 5) is 15.0. The highest BCUT2D eigenvalue weighted by atomic mass is 16.4. The molecule has 0 radical (unpaired) electrons. The van der Waals surface area contributed by atoms with Crippen molar-refractivity contribution in [2.75, 3.05) is 5.32 Å². The lowest BCUT2D eigenvalue weighted by atomic mass is 9.98. The number of carbonyl (C=O) groups is 1. The Hall–Kier alpha value is -2.10. The monoisotopic (exact) mass is 258 g/mol. The predicted octanol–water partition coefficient (Wildman–Crippen LogP) is 3.29. The Morgan fingerprint density at radius 2 is 2.05 bits per heavy atom. The fourth-order valence-corrected chi connectivity index (χ4v) is 2.02. The van der Waals surface area contributed by atoms with Crippen LogP contribution in [0.25, 0.3) is 10.8 Å². The first-order valence-electron chi connectivity index (χ1n) is 6.32. The van der Waals surface area contributed by atoms with Gasteiger partial charge in [0.1, 0.15) is 5.82 Å². The van der Waals surface area contributed by atoms with Gasteiger partial charge in [0, 0.05) is 23.5 Å². The Bertz CT molecular complexity index is 588. The Morgan fingerprint density at radius 1 is 1.32 bits per heavy atom. The summed E-state index contributed by atoms with van der Waals surface area (Å²) in [6.45, 7) is 3.97. The maximum absolute atomic E-state index is 10.7. The molecular formula is C15H18N2O2. The molecule has 0 saturated carbocycles. The summed E-state index contributed by atoms with van der Waals surface area (Å²) in [5, 5.41) is 14.3. The SMILES string of the molecule is CC(C)(CCC(=O)O)Nc1nccc2ccccc12. The minimum atomic E-state index is -0.777. The lowest BCUT2D eigenvalue weighted by Gasteiger charge is -2.27. The molecule has 2 rings (SSSR count). The molecule has 1 heterocycles. The largest absolute Gasteiger partial charge is 0.481 e. The van der Waals surface area contributed by atoms with E-state index in [9.17, 15) is 4.79 Å².